The van der Waals surface area contributed by atoms with E-state index in [0.717, 1.165) is 15.9 Å². The molecule has 0 aliphatic carbocycles. The molecule has 0 saturated heterocycles. The molecule has 4 heteroatoms. The van der Waals surface area contributed by atoms with E-state index in [1.54, 1.807) is 18.2 Å². The summed E-state index contributed by atoms with van der Waals surface area (Å²) in [4.78, 5) is 13.1. The molecule has 3 rings (SSSR count). The number of para-hydroxylation sites is 1. The lowest BCUT2D eigenvalue weighted by molar-refractivity contribution is 0.659. The van der Waals surface area contributed by atoms with E-state index in [0.29, 0.717) is 21.9 Å². The van der Waals surface area contributed by atoms with Crippen LogP contribution < -0.4 is 5.43 Å². The van der Waals surface area contributed by atoms with Gasteiger partial charge in [0.2, 0.25) is 5.43 Å². The lowest BCUT2D eigenvalue weighted by atomic mass is 10.1. The van der Waals surface area contributed by atoms with Crippen molar-refractivity contribution >= 4 is 43.6 Å². The maximum atomic E-state index is 12.3. The Kier molecular flexibility index (Phi) is 2.57. The molecule has 84 valence electrons. The van der Waals surface area contributed by atoms with Gasteiger partial charge >= 0.3 is 0 Å². The molecule has 2 aromatic carbocycles. The molecule has 0 spiro atoms. The first-order valence-corrected chi connectivity index (χ1v) is 6.68. The van der Waals surface area contributed by atoms with Crippen LogP contribution in [0.2, 0.25) is 0 Å². The summed E-state index contributed by atoms with van der Waals surface area (Å²) < 4.78 is 5.70. The van der Waals surface area contributed by atoms with E-state index in [2.05, 4.69) is 0 Å². The third-order valence-electron chi connectivity index (χ3n) is 2.65. The van der Waals surface area contributed by atoms with E-state index >= 15 is 0 Å². The van der Waals surface area contributed by atoms with Crippen LogP contribution in [0.15, 0.2) is 56.6 Å². The summed E-state index contributed by atoms with van der Waals surface area (Å²) in [6.45, 7) is 0. The van der Waals surface area contributed by atoms with Crippen LogP contribution in [0.5, 0.6) is 0 Å². The standard InChI is InChI=1S/C13H7ClO2S/c14-17-11-7-3-6-10-12(11)13(15)8-4-1-2-5-9(8)16-10/h1-7H. The molecule has 0 aliphatic rings. The molecule has 1 heterocycles. The van der Waals surface area contributed by atoms with Gasteiger partial charge in [-0.2, -0.15) is 0 Å². The number of rotatable bonds is 1. The zero-order valence-electron chi connectivity index (χ0n) is 8.64. The molecule has 2 nitrogen and oxygen atoms in total. The minimum Gasteiger partial charge on any atom is -0.456 e. The minimum absolute atomic E-state index is 0.0365. The van der Waals surface area contributed by atoms with Gasteiger partial charge in [0.1, 0.15) is 11.2 Å². The van der Waals surface area contributed by atoms with Gasteiger partial charge < -0.3 is 4.42 Å². The van der Waals surface area contributed by atoms with Gasteiger partial charge in [0, 0.05) is 4.90 Å². The second-order valence-corrected chi connectivity index (χ2v) is 4.69. The van der Waals surface area contributed by atoms with Gasteiger partial charge in [-0.3, -0.25) is 4.79 Å². The first-order chi connectivity index (χ1) is 8.31. The van der Waals surface area contributed by atoms with Crippen LogP contribution in [0, 0.1) is 0 Å². The fourth-order valence-corrected chi connectivity index (χ4v) is 2.67. The maximum absolute atomic E-state index is 12.3. The van der Waals surface area contributed by atoms with Crippen molar-refractivity contribution in [1.29, 1.82) is 0 Å². The van der Waals surface area contributed by atoms with Gasteiger partial charge in [0.15, 0.2) is 0 Å². The summed E-state index contributed by atoms with van der Waals surface area (Å²) in [6.07, 6.45) is 0. The first-order valence-electron chi connectivity index (χ1n) is 5.04. The molecular weight excluding hydrogens is 256 g/mol. The highest BCUT2D eigenvalue weighted by Crippen LogP contribution is 2.29. The third-order valence-corrected chi connectivity index (χ3v) is 3.65. The highest BCUT2D eigenvalue weighted by atomic mass is 35.7. The molecule has 0 N–H and O–H groups in total. The third kappa shape index (κ3) is 1.63. The lowest BCUT2D eigenvalue weighted by Crippen LogP contribution is -2.02. The van der Waals surface area contributed by atoms with Crippen LogP contribution in [0.1, 0.15) is 0 Å². The summed E-state index contributed by atoms with van der Waals surface area (Å²) in [6, 6.07) is 12.6. The van der Waals surface area contributed by atoms with Gasteiger partial charge in [0.05, 0.1) is 10.8 Å². The molecule has 0 fully saturated rings. The van der Waals surface area contributed by atoms with Crippen molar-refractivity contribution in [3.8, 4) is 0 Å². The second-order valence-electron chi connectivity index (χ2n) is 3.63. The number of benzene rings is 2. The van der Waals surface area contributed by atoms with E-state index in [-0.39, 0.29) is 5.43 Å². The molecule has 0 bridgehead atoms. The van der Waals surface area contributed by atoms with Crippen LogP contribution in [0.3, 0.4) is 0 Å². The summed E-state index contributed by atoms with van der Waals surface area (Å²) >= 11 is 0. The van der Waals surface area contributed by atoms with Crippen molar-refractivity contribution in [2.45, 2.75) is 4.90 Å². The van der Waals surface area contributed by atoms with Crippen LogP contribution in [-0.4, -0.2) is 0 Å². The van der Waals surface area contributed by atoms with E-state index in [1.165, 1.54) is 0 Å². The molecule has 0 unspecified atom stereocenters. The van der Waals surface area contributed by atoms with Crippen molar-refractivity contribution in [1.82, 2.24) is 0 Å². The smallest absolute Gasteiger partial charge is 0.201 e. The molecular formula is C13H7ClO2S. The Labute approximate surface area is 106 Å². The summed E-state index contributed by atoms with van der Waals surface area (Å²) in [7, 11) is 6.80. The Morgan fingerprint density at radius 2 is 1.76 bits per heavy atom. The second kappa shape index (κ2) is 4.09. The molecule has 0 radical (unpaired) electrons. The number of halogens is 1. The molecule has 0 atom stereocenters. The quantitative estimate of drug-likeness (QED) is 0.616. The topological polar surface area (TPSA) is 30.2 Å². The molecule has 3 aromatic rings. The van der Waals surface area contributed by atoms with Crippen molar-refractivity contribution in [3.05, 3.63) is 52.7 Å². The van der Waals surface area contributed by atoms with Crippen LogP contribution in [0.4, 0.5) is 0 Å². The maximum Gasteiger partial charge on any atom is 0.201 e. The van der Waals surface area contributed by atoms with Crippen LogP contribution in [0.25, 0.3) is 21.9 Å². The minimum atomic E-state index is -0.0365. The Morgan fingerprint density at radius 1 is 1.00 bits per heavy atom. The van der Waals surface area contributed by atoms with E-state index < -0.39 is 0 Å². The van der Waals surface area contributed by atoms with E-state index in [9.17, 15) is 4.79 Å². The van der Waals surface area contributed by atoms with E-state index in [1.807, 2.05) is 24.3 Å². The Balaban J connectivity index is 2.60. The van der Waals surface area contributed by atoms with Gasteiger partial charge in [-0.1, -0.05) is 18.2 Å². The predicted octanol–water partition coefficient (Wildman–Crippen LogP) is 4.19. The number of hydrogen-bond donors (Lipinski definition) is 0. The van der Waals surface area contributed by atoms with Gasteiger partial charge in [-0.25, -0.2) is 0 Å². The average molecular weight is 263 g/mol. The normalized spacial score (nSPS) is 11.1. The predicted molar refractivity (Wildman–Crippen MR) is 71.7 cm³/mol. The molecule has 0 saturated carbocycles. The van der Waals surface area contributed by atoms with Crippen molar-refractivity contribution in [2.75, 3.05) is 0 Å². The van der Waals surface area contributed by atoms with Gasteiger partial charge in [-0.15, -0.1) is 0 Å². The summed E-state index contributed by atoms with van der Waals surface area (Å²) in [5.74, 6) is 0. The largest absolute Gasteiger partial charge is 0.456 e. The molecule has 1 aromatic heterocycles. The highest BCUT2D eigenvalue weighted by molar-refractivity contribution is 8.21. The fourth-order valence-electron chi connectivity index (χ4n) is 1.88. The van der Waals surface area contributed by atoms with Gasteiger partial charge in [-0.05, 0) is 45.9 Å². The lowest BCUT2D eigenvalue weighted by Gasteiger charge is -2.03. The fraction of sp³-hybridized carbons (Fsp3) is 0. The van der Waals surface area contributed by atoms with Crippen LogP contribution >= 0.6 is 21.7 Å². The van der Waals surface area contributed by atoms with Crippen LogP contribution in [-0.2, 0) is 0 Å². The summed E-state index contributed by atoms with van der Waals surface area (Å²) in [5, 5.41) is 1.13. The summed E-state index contributed by atoms with van der Waals surface area (Å²) in [5.41, 5.74) is 1.13. The Morgan fingerprint density at radius 3 is 2.59 bits per heavy atom. The van der Waals surface area contributed by atoms with Crippen molar-refractivity contribution in [3.63, 3.8) is 0 Å². The zero-order chi connectivity index (χ0) is 11.8. The Bertz CT molecular complexity index is 764. The van der Waals surface area contributed by atoms with Crippen molar-refractivity contribution in [2.24, 2.45) is 0 Å². The molecule has 17 heavy (non-hydrogen) atoms. The molecule has 0 aliphatic heterocycles. The Hall–Kier alpha value is -1.45. The highest BCUT2D eigenvalue weighted by Gasteiger charge is 2.10. The molecule has 0 amide bonds. The SMILES string of the molecule is O=c1c2ccccc2oc2cccc(SCl)c12. The first kappa shape index (κ1) is 10.7. The average Bonchev–Trinajstić information content (AvgIpc) is 2.38. The number of hydrogen-bond acceptors (Lipinski definition) is 3. The van der Waals surface area contributed by atoms with E-state index in [4.69, 9.17) is 15.1 Å². The van der Waals surface area contributed by atoms with Gasteiger partial charge in [0.25, 0.3) is 0 Å². The monoisotopic (exact) mass is 262 g/mol. The van der Waals surface area contributed by atoms with Crippen molar-refractivity contribution < 1.29 is 4.42 Å². The number of fused-ring (bicyclic) bond motifs is 2. The zero-order valence-corrected chi connectivity index (χ0v) is 10.2.